The summed E-state index contributed by atoms with van der Waals surface area (Å²) in [4.78, 5) is 13.9. The summed E-state index contributed by atoms with van der Waals surface area (Å²) in [6.07, 6.45) is 0. The molecule has 0 aromatic carbocycles. The van der Waals surface area contributed by atoms with Gasteiger partial charge in [0, 0.05) is 18.6 Å². The second-order valence-corrected chi connectivity index (χ2v) is 1.42. The molecule has 0 fully saturated rings. The van der Waals surface area contributed by atoms with Crippen LogP contribution in [0.3, 0.4) is 0 Å². The van der Waals surface area contributed by atoms with Gasteiger partial charge >= 0.3 is 37.5 Å². The molecule has 3 nitrogen and oxygen atoms in total. The predicted octanol–water partition coefficient (Wildman–Crippen LogP) is -2.84. The molecule has 0 aliphatic carbocycles. The Morgan fingerprint density at radius 3 is 1.57 bits per heavy atom. The maximum Gasteiger partial charge on any atom is 1.00 e. The van der Waals surface area contributed by atoms with E-state index in [9.17, 15) is 4.20 Å². The van der Waals surface area contributed by atoms with Gasteiger partial charge in [-0.15, -0.1) is 4.20 Å². The zero-order valence-electron chi connectivity index (χ0n) is 4.58. The van der Waals surface area contributed by atoms with Crippen molar-refractivity contribution < 1.29 is 68.1 Å². The van der Waals surface area contributed by atoms with Gasteiger partial charge in [0.15, 0.2) is 0 Å². The maximum absolute atomic E-state index is 10.4. The standard InChI is InChI=1S/FH2O3P.Na.V.H/c1-5(2,3)4;;;/h(H2,2,3,4);;;/q;+1;;-1. The number of hydrogen-bond donors (Lipinski definition) is 2. The molecule has 1 radical (unpaired) electrons. The second kappa shape index (κ2) is 5.79. The van der Waals surface area contributed by atoms with Crippen LogP contribution in [0, 0.1) is 0 Å². The first-order chi connectivity index (χ1) is 2.00. The SMILES string of the molecule is O=P(O)(O)F.[H-].[Na+].[V]. The largest absolute Gasteiger partial charge is 1.00 e. The normalized spacial score (nSPS) is 8.43. The minimum Gasteiger partial charge on any atom is -1.00 e. The molecular weight excluding hydrogens is 172 g/mol. The summed E-state index contributed by atoms with van der Waals surface area (Å²) in [7, 11) is -5.14. The minimum absolute atomic E-state index is 0. The van der Waals surface area contributed by atoms with Crippen LogP contribution in [-0.2, 0) is 23.1 Å². The molecule has 0 aromatic heterocycles. The third kappa shape index (κ3) is 88.8. The van der Waals surface area contributed by atoms with Crippen molar-refractivity contribution >= 4 is 7.91 Å². The summed E-state index contributed by atoms with van der Waals surface area (Å²) in [5.41, 5.74) is 0. The average molecular weight is 175 g/mol. The Kier molecular flexibility index (Phi) is 13.1. The van der Waals surface area contributed by atoms with E-state index in [4.69, 9.17) is 14.4 Å². The van der Waals surface area contributed by atoms with Crippen molar-refractivity contribution in [1.29, 1.82) is 0 Å². The number of rotatable bonds is 0. The maximum atomic E-state index is 10.4. The topological polar surface area (TPSA) is 57.5 Å². The zero-order valence-corrected chi connectivity index (χ0v) is 7.87. The molecule has 0 bridgehead atoms. The van der Waals surface area contributed by atoms with Crippen LogP contribution in [0.4, 0.5) is 4.20 Å². The Labute approximate surface area is 75.6 Å². The molecule has 0 saturated carbocycles. The first kappa shape index (κ1) is 15.9. The number of hydrogen-bond acceptors (Lipinski definition) is 1. The molecule has 0 heterocycles. The van der Waals surface area contributed by atoms with Gasteiger partial charge in [0.25, 0.3) is 0 Å². The van der Waals surface area contributed by atoms with Crippen LogP contribution in [0.15, 0.2) is 0 Å². The van der Waals surface area contributed by atoms with Gasteiger partial charge in [-0.05, 0) is 0 Å². The molecule has 7 heteroatoms. The molecule has 2 N–H and O–H groups in total. The van der Waals surface area contributed by atoms with Crippen LogP contribution in [0.1, 0.15) is 1.43 Å². The van der Waals surface area contributed by atoms with Crippen LogP contribution in [0.2, 0.25) is 0 Å². The Morgan fingerprint density at radius 1 is 1.57 bits per heavy atom. The van der Waals surface area contributed by atoms with Crippen LogP contribution in [0.5, 0.6) is 0 Å². The van der Waals surface area contributed by atoms with Gasteiger partial charge in [-0.3, -0.25) is 9.79 Å². The van der Waals surface area contributed by atoms with Gasteiger partial charge < -0.3 is 1.43 Å². The first-order valence-corrected chi connectivity index (χ1v) is 2.25. The van der Waals surface area contributed by atoms with Crippen LogP contribution >= 0.6 is 7.91 Å². The molecule has 7 heavy (non-hydrogen) atoms. The van der Waals surface area contributed by atoms with Crippen molar-refractivity contribution in [2.75, 3.05) is 0 Å². The summed E-state index contributed by atoms with van der Waals surface area (Å²) >= 11 is 0. The van der Waals surface area contributed by atoms with Crippen molar-refractivity contribution in [1.82, 2.24) is 0 Å². The molecule has 0 amide bonds. The summed E-state index contributed by atoms with van der Waals surface area (Å²) < 4.78 is 19.0. The van der Waals surface area contributed by atoms with Crippen LogP contribution < -0.4 is 29.6 Å². The van der Waals surface area contributed by atoms with Gasteiger partial charge in [0.1, 0.15) is 0 Å². The van der Waals surface area contributed by atoms with Crippen molar-refractivity contribution in [3.63, 3.8) is 0 Å². The Bertz CT molecular complexity index is 65.4. The molecule has 0 spiro atoms. The van der Waals surface area contributed by atoms with Crippen LogP contribution in [-0.4, -0.2) is 9.79 Å². The third-order valence-electron chi connectivity index (χ3n) is 0. The van der Waals surface area contributed by atoms with E-state index in [0.717, 1.165) is 0 Å². The monoisotopic (exact) mass is 175 g/mol. The van der Waals surface area contributed by atoms with Gasteiger partial charge in [-0.25, -0.2) is 4.57 Å². The van der Waals surface area contributed by atoms with Gasteiger partial charge in [0.05, 0.1) is 0 Å². The van der Waals surface area contributed by atoms with E-state index in [1.54, 1.807) is 0 Å². The predicted molar refractivity (Wildman–Crippen MR) is 14.3 cm³/mol. The summed E-state index contributed by atoms with van der Waals surface area (Å²) in [6, 6.07) is 0. The van der Waals surface area contributed by atoms with Gasteiger partial charge in [-0.2, -0.15) is 0 Å². The van der Waals surface area contributed by atoms with Crippen LogP contribution in [0.25, 0.3) is 0 Å². The van der Waals surface area contributed by atoms with Gasteiger partial charge in [-0.1, -0.05) is 0 Å². The molecule has 0 aliphatic rings. The van der Waals surface area contributed by atoms with Crippen molar-refractivity contribution in [3.8, 4) is 0 Å². The molecule has 0 aliphatic heterocycles. The quantitative estimate of drug-likeness (QED) is 0.308. The smallest absolute Gasteiger partial charge is 1.00 e. The molecule has 0 aromatic rings. The third-order valence-corrected chi connectivity index (χ3v) is 0. The molecule has 0 unspecified atom stereocenters. The molecule has 0 atom stereocenters. The fraction of sp³-hybridized carbons (Fsp3) is 0. The Balaban J connectivity index is -0.0000000267. The Morgan fingerprint density at radius 2 is 1.57 bits per heavy atom. The summed E-state index contributed by atoms with van der Waals surface area (Å²) in [5, 5.41) is 0. The van der Waals surface area contributed by atoms with Crippen molar-refractivity contribution in [2.45, 2.75) is 0 Å². The minimum atomic E-state index is -5.14. The first-order valence-electron chi connectivity index (χ1n) is 0.752. The molecule has 0 rings (SSSR count). The van der Waals surface area contributed by atoms with E-state index in [2.05, 4.69) is 0 Å². The van der Waals surface area contributed by atoms with Crippen molar-refractivity contribution in [3.05, 3.63) is 0 Å². The van der Waals surface area contributed by atoms with Gasteiger partial charge in [0.2, 0.25) is 0 Å². The zero-order chi connectivity index (χ0) is 4.50. The molecule has 39 valence electrons. The fourth-order valence-corrected chi connectivity index (χ4v) is 0. The van der Waals surface area contributed by atoms with E-state index in [0.29, 0.717) is 0 Å². The second-order valence-electron chi connectivity index (χ2n) is 0.473. The number of halogens is 1. The Hall–Kier alpha value is 1.66. The average Bonchev–Trinajstić information content (AvgIpc) is 0.722. The van der Waals surface area contributed by atoms with E-state index in [-0.39, 0.29) is 49.5 Å². The van der Waals surface area contributed by atoms with E-state index in [1.807, 2.05) is 0 Å². The fourth-order valence-electron chi connectivity index (χ4n) is 0. The van der Waals surface area contributed by atoms with E-state index in [1.165, 1.54) is 0 Å². The molecular formula is H3FNaO3PV. The molecule has 0 saturated heterocycles. The summed E-state index contributed by atoms with van der Waals surface area (Å²) in [5.74, 6) is 0. The van der Waals surface area contributed by atoms with Crippen molar-refractivity contribution in [2.24, 2.45) is 0 Å². The van der Waals surface area contributed by atoms with E-state index < -0.39 is 7.91 Å². The van der Waals surface area contributed by atoms with E-state index >= 15 is 0 Å². The summed E-state index contributed by atoms with van der Waals surface area (Å²) in [6.45, 7) is 0.